The Morgan fingerprint density at radius 2 is 1.61 bits per heavy atom. The van der Waals surface area contributed by atoms with Crippen LogP contribution < -0.4 is 20.3 Å². The lowest BCUT2D eigenvalue weighted by Gasteiger charge is -2.29. The van der Waals surface area contributed by atoms with Gasteiger partial charge in [-0.1, -0.05) is 24.3 Å². The van der Waals surface area contributed by atoms with Crippen molar-refractivity contribution >= 4 is 29.1 Å². The number of amides is 3. The highest BCUT2D eigenvalue weighted by molar-refractivity contribution is 6.08. The smallest absolute Gasteiger partial charge is 0.255 e. The first-order chi connectivity index (χ1) is 24.9. The number of aromatic nitrogens is 1. The number of hydrogen-bond acceptors (Lipinski definition) is 8. The largest absolute Gasteiger partial charge is 0.496 e. The SMILES string of the molecule is COc1ccccc1CNC(=O)c1ccnc(-c2cc(N3CCCCC3)ccc2NC(=O)c2cccc(C(=O)N(C)CCN3CCOCC3)c2)c1. The molecule has 266 valence electrons. The molecule has 0 aliphatic carbocycles. The molecule has 3 amide bonds. The van der Waals surface area contributed by atoms with Crippen molar-refractivity contribution in [3.63, 3.8) is 0 Å². The maximum Gasteiger partial charge on any atom is 0.255 e. The molecule has 51 heavy (non-hydrogen) atoms. The predicted octanol–water partition coefficient (Wildman–Crippen LogP) is 5.33. The van der Waals surface area contributed by atoms with E-state index in [1.807, 2.05) is 42.5 Å². The second-order valence-corrected chi connectivity index (χ2v) is 12.9. The number of pyridine rings is 1. The van der Waals surface area contributed by atoms with Crippen LogP contribution in [0.2, 0.25) is 0 Å². The van der Waals surface area contributed by atoms with E-state index in [0.29, 0.717) is 65.7 Å². The van der Waals surface area contributed by atoms with E-state index in [1.54, 1.807) is 61.7 Å². The maximum absolute atomic E-state index is 13.7. The van der Waals surface area contributed by atoms with Crippen molar-refractivity contribution in [1.29, 1.82) is 0 Å². The van der Waals surface area contributed by atoms with Gasteiger partial charge in [-0.05, 0) is 73.9 Å². The lowest BCUT2D eigenvalue weighted by atomic mass is 10.0. The van der Waals surface area contributed by atoms with Crippen LogP contribution in [-0.2, 0) is 11.3 Å². The summed E-state index contributed by atoms with van der Waals surface area (Å²) >= 11 is 0. The summed E-state index contributed by atoms with van der Waals surface area (Å²) in [6.45, 7) is 6.67. The first-order valence-electron chi connectivity index (χ1n) is 17.6. The zero-order chi connectivity index (χ0) is 35.6. The number of hydrogen-bond donors (Lipinski definition) is 2. The molecule has 3 aromatic carbocycles. The van der Waals surface area contributed by atoms with Crippen LogP contribution in [0.25, 0.3) is 11.3 Å². The maximum atomic E-state index is 13.7. The Morgan fingerprint density at radius 3 is 2.41 bits per heavy atom. The van der Waals surface area contributed by atoms with E-state index >= 15 is 0 Å². The Bertz CT molecular complexity index is 1840. The number of benzene rings is 3. The number of ether oxygens (including phenoxy) is 2. The van der Waals surface area contributed by atoms with Crippen molar-refractivity contribution in [2.75, 3.05) is 76.9 Å². The van der Waals surface area contributed by atoms with E-state index in [4.69, 9.17) is 9.47 Å². The Kier molecular flexibility index (Phi) is 11.9. The van der Waals surface area contributed by atoms with E-state index in [0.717, 1.165) is 56.8 Å². The fourth-order valence-corrected chi connectivity index (χ4v) is 6.47. The molecule has 0 radical (unpaired) electrons. The third-order valence-corrected chi connectivity index (χ3v) is 9.48. The van der Waals surface area contributed by atoms with Crippen molar-refractivity contribution in [1.82, 2.24) is 20.1 Å². The number of likely N-dealkylation sites (N-methyl/N-ethyl adjacent to an activating group) is 1. The Hall–Kier alpha value is -5.26. The van der Waals surface area contributed by atoms with Gasteiger partial charge < -0.3 is 29.9 Å². The average Bonchev–Trinajstić information content (AvgIpc) is 3.19. The van der Waals surface area contributed by atoms with Gasteiger partial charge in [0.15, 0.2) is 0 Å². The number of nitrogens with one attached hydrogen (secondary N) is 2. The molecular formula is C40H46N6O5. The van der Waals surface area contributed by atoms with Gasteiger partial charge in [0.2, 0.25) is 0 Å². The summed E-state index contributed by atoms with van der Waals surface area (Å²) in [7, 11) is 3.39. The first kappa shape index (κ1) is 35.6. The van der Waals surface area contributed by atoms with Crippen LogP contribution in [0.3, 0.4) is 0 Å². The van der Waals surface area contributed by atoms with Crippen LogP contribution in [0.15, 0.2) is 85.1 Å². The summed E-state index contributed by atoms with van der Waals surface area (Å²) in [5.41, 5.74) is 4.96. The van der Waals surface area contributed by atoms with Crippen LogP contribution in [0.1, 0.15) is 55.9 Å². The number of rotatable bonds is 12. The van der Waals surface area contributed by atoms with E-state index in [1.165, 1.54) is 6.42 Å². The number of morpholine rings is 1. The average molecular weight is 691 g/mol. The molecule has 0 saturated carbocycles. The van der Waals surface area contributed by atoms with E-state index in [-0.39, 0.29) is 17.7 Å². The third kappa shape index (κ3) is 9.11. The monoisotopic (exact) mass is 690 g/mol. The summed E-state index contributed by atoms with van der Waals surface area (Å²) in [5, 5.41) is 6.06. The molecule has 3 heterocycles. The second-order valence-electron chi connectivity index (χ2n) is 12.9. The van der Waals surface area contributed by atoms with Gasteiger partial charge in [0.1, 0.15) is 5.75 Å². The van der Waals surface area contributed by atoms with Crippen LogP contribution in [0.5, 0.6) is 5.75 Å². The minimum absolute atomic E-state index is 0.144. The van der Waals surface area contributed by atoms with E-state index in [9.17, 15) is 14.4 Å². The van der Waals surface area contributed by atoms with E-state index in [2.05, 4.69) is 25.4 Å². The molecule has 4 aromatic rings. The Balaban J connectivity index is 1.21. The quantitative estimate of drug-likeness (QED) is 0.205. The molecule has 2 fully saturated rings. The highest BCUT2D eigenvalue weighted by Gasteiger charge is 2.20. The normalized spacial score (nSPS) is 14.8. The number of piperidine rings is 1. The van der Waals surface area contributed by atoms with E-state index < -0.39 is 0 Å². The molecule has 2 aliphatic heterocycles. The van der Waals surface area contributed by atoms with Gasteiger partial charge in [0.05, 0.1) is 31.7 Å². The van der Waals surface area contributed by atoms with Gasteiger partial charge in [0, 0.05) is 92.6 Å². The zero-order valence-corrected chi connectivity index (χ0v) is 29.4. The molecule has 11 nitrogen and oxygen atoms in total. The Morgan fingerprint density at radius 1 is 0.843 bits per heavy atom. The summed E-state index contributed by atoms with van der Waals surface area (Å²) in [6.07, 6.45) is 5.05. The van der Waals surface area contributed by atoms with Crippen LogP contribution in [-0.4, -0.2) is 99.1 Å². The molecule has 11 heteroatoms. The summed E-state index contributed by atoms with van der Waals surface area (Å²) in [4.78, 5) is 51.3. The molecule has 1 aromatic heterocycles. The summed E-state index contributed by atoms with van der Waals surface area (Å²) < 4.78 is 10.9. The number of carbonyl (C=O) groups excluding carboxylic acids is 3. The number of carbonyl (C=O) groups is 3. The van der Waals surface area contributed by atoms with Crippen molar-refractivity contribution in [2.24, 2.45) is 0 Å². The van der Waals surface area contributed by atoms with Crippen LogP contribution >= 0.6 is 0 Å². The van der Waals surface area contributed by atoms with Crippen molar-refractivity contribution < 1.29 is 23.9 Å². The lowest BCUT2D eigenvalue weighted by Crippen LogP contribution is -2.41. The van der Waals surface area contributed by atoms with Gasteiger partial charge in [-0.2, -0.15) is 0 Å². The molecule has 2 aliphatic rings. The third-order valence-electron chi connectivity index (χ3n) is 9.48. The summed E-state index contributed by atoms with van der Waals surface area (Å²) in [6, 6.07) is 23.7. The number of anilines is 2. The van der Waals surface area contributed by atoms with Crippen LogP contribution in [0.4, 0.5) is 11.4 Å². The first-order valence-corrected chi connectivity index (χ1v) is 17.6. The molecule has 0 bridgehead atoms. The lowest BCUT2D eigenvalue weighted by molar-refractivity contribution is 0.0338. The second kappa shape index (κ2) is 17.1. The highest BCUT2D eigenvalue weighted by Crippen LogP contribution is 2.33. The molecule has 0 spiro atoms. The molecule has 0 unspecified atom stereocenters. The summed E-state index contributed by atoms with van der Waals surface area (Å²) in [5.74, 6) is -0.0414. The van der Waals surface area contributed by atoms with Gasteiger partial charge >= 0.3 is 0 Å². The molecular weight excluding hydrogens is 644 g/mol. The Labute approximate surface area is 299 Å². The number of methoxy groups -OCH3 is 1. The van der Waals surface area contributed by atoms with Gasteiger partial charge in [-0.15, -0.1) is 0 Å². The van der Waals surface area contributed by atoms with Crippen molar-refractivity contribution in [3.05, 3.63) is 107 Å². The zero-order valence-electron chi connectivity index (χ0n) is 29.4. The minimum atomic E-state index is -0.349. The van der Waals surface area contributed by atoms with Crippen molar-refractivity contribution in [3.8, 4) is 17.0 Å². The molecule has 6 rings (SSSR count). The fourth-order valence-electron chi connectivity index (χ4n) is 6.47. The van der Waals surface area contributed by atoms with Gasteiger partial charge in [-0.3, -0.25) is 24.3 Å². The molecule has 2 N–H and O–H groups in total. The van der Waals surface area contributed by atoms with Gasteiger partial charge in [-0.25, -0.2) is 0 Å². The van der Waals surface area contributed by atoms with Crippen molar-refractivity contribution in [2.45, 2.75) is 25.8 Å². The predicted molar refractivity (Wildman–Crippen MR) is 199 cm³/mol. The van der Waals surface area contributed by atoms with Crippen LogP contribution in [0, 0.1) is 0 Å². The molecule has 0 atom stereocenters. The standard InChI is InChI=1S/C40H46N6O5/c1-44(19-20-45-21-23-51-24-22-45)40(49)31-11-8-10-29(25-31)39(48)43-35-14-13-33(46-17-6-3-7-18-46)27-34(35)36-26-30(15-16-41-36)38(47)42-28-32-9-4-5-12-37(32)50-2/h4-5,8-16,25-27H,3,6-7,17-24,28H2,1-2H3,(H,42,47)(H,43,48). The minimum Gasteiger partial charge on any atom is -0.496 e. The molecule has 2 saturated heterocycles. The topological polar surface area (TPSA) is 116 Å². The van der Waals surface area contributed by atoms with Gasteiger partial charge in [0.25, 0.3) is 17.7 Å². The number of para-hydroxylation sites is 1. The highest BCUT2D eigenvalue weighted by atomic mass is 16.5. The number of nitrogens with zero attached hydrogens (tertiary/aromatic N) is 4. The fraction of sp³-hybridized carbons (Fsp3) is 0.350.